The molecule has 6 nitrogen and oxygen atoms in total. The third kappa shape index (κ3) is 4.62. The maximum absolute atomic E-state index is 12.9. The highest BCUT2D eigenvalue weighted by molar-refractivity contribution is 6.04. The molecular weight excluding hydrogens is 366 g/mol. The second kappa shape index (κ2) is 7.92. The zero-order chi connectivity index (χ0) is 20.3. The molecule has 2 heterocycles. The Balaban J connectivity index is 1.67. The van der Waals surface area contributed by atoms with Crippen molar-refractivity contribution < 1.29 is 18.3 Å². The van der Waals surface area contributed by atoms with Gasteiger partial charge in [-0.25, -0.2) is 18.7 Å². The molecule has 0 aliphatic carbocycles. The van der Waals surface area contributed by atoms with Crippen molar-refractivity contribution in [2.75, 3.05) is 6.61 Å². The van der Waals surface area contributed by atoms with E-state index in [1.807, 2.05) is 19.1 Å². The number of imidazole rings is 1. The molecule has 0 aliphatic rings. The van der Waals surface area contributed by atoms with E-state index >= 15 is 0 Å². The standard InChI is InChI=1S/C20H22F2N4O2/c1-12-9-14(10-23-19(12)28-8-7-20(3,21)22)13(2)26-18(27)15-5-4-6-16-17(15)25-11-24-16/h4-6,9-11,13H,7-8H2,1-3H3,(H,24,25)(H,26,27). The number of carbonyl (C=O) groups excluding carboxylic acids is 1. The molecule has 0 spiro atoms. The highest BCUT2D eigenvalue weighted by atomic mass is 19.3. The van der Waals surface area contributed by atoms with Gasteiger partial charge in [0.25, 0.3) is 5.91 Å². The number of amides is 1. The van der Waals surface area contributed by atoms with Gasteiger partial charge in [0, 0.05) is 18.2 Å². The topological polar surface area (TPSA) is 79.9 Å². The number of pyridine rings is 1. The number of nitrogens with one attached hydrogen (secondary N) is 2. The number of para-hydroxylation sites is 1. The van der Waals surface area contributed by atoms with E-state index in [-0.39, 0.29) is 25.0 Å². The number of halogens is 2. The summed E-state index contributed by atoms with van der Waals surface area (Å²) in [5, 5.41) is 2.93. The van der Waals surface area contributed by atoms with Gasteiger partial charge in [-0.1, -0.05) is 6.07 Å². The number of hydrogen-bond donors (Lipinski definition) is 2. The van der Waals surface area contributed by atoms with Crippen LogP contribution in [0.3, 0.4) is 0 Å². The van der Waals surface area contributed by atoms with Crippen LogP contribution in [0.15, 0.2) is 36.8 Å². The fourth-order valence-electron chi connectivity index (χ4n) is 2.81. The second-order valence-electron chi connectivity index (χ2n) is 6.86. The lowest BCUT2D eigenvalue weighted by atomic mass is 10.1. The number of aromatic amines is 1. The number of aromatic nitrogens is 3. The van der Waals surface area contributed by atoms with E-state index in [2.05, 4.69) is 20.3 Å². The molecule has 0 saturated carbocycles. The predicted molar refractivity (Wildman–Crippen MR) is 102 cm³/mol. The summed E-state index contributed by atoms with van der Waals surface area (Å²) in [5.74, 6) is -2.70. The molecule has 1 aromatic carbocycles. The minimum absolute atomic E-state index is 0.114. The Kier molecular flexibility index (Phi) is 5.58. The van der Waals surface area contributed by atoms with Gasteiger partial charge in [0.15, 0.2) is 0 Å². The fourth-order valence-corrected chi connectivity index (χ4v) is 2.81. The Morgan fingerprint density at radius 3 is 2.86 bits per heavy atom. The first-order chi connectivity index (χ1) is 13.2. The molecule has 28 heavy (non-hydrogen) atoms. The van der Waals surface area contributed by atoms with Crippen LogP contribution in [-0.4, -0.2) is 33.4 Å². The van der Waals surface area contributed by atoms with E-state index in [0.717, 1.165) is 18.0 Å². The molecule has 2 aromatic heterocycles. The molecular formula is C20H22F2N4O2. The first kappa shape index (κ1) is 19.7. The molecule has 0 aliphatic heterocycles. The Hall–Kier alpha value is -3.03. The maximum atomic E-state index is 12.9. The average molecular weight is 388 g/mol. The summed E-state index contributed by atoms with van der Waals surface area (Å²) in [6.45, 7) is 4.37. The largest absolute Gasteiger partial charge is 0.477 e. The maximum Gasteiger partial charge on any atom is 0.254 e. The van der Waals surface area contributed by atoms with Gasteiger partial charge in [0.1, 0.15) is 5.52 Å². The smallest absolute Gasteiger partial charge is 0.254 e. The molecule has 0 bridgehead atoms. The molecule has 1 amide bonds. The number of hydrogen-bond acceptors (Lipinski definition) is 4. The lowest BCUT2D eigenvalue weighted by Gasteiger charge is -2.16. The zero-order valence-corrected chi connectivity index (χ0v) is 15.9. The van der Waals surface area contributed by atoms with Gasteiger partial charge in [-0.05, 0) is 44.5 Å². The molecule has 0 radical (unpaired) electrons. The van der Waals surface area contributed by atoms with Crippen molar-refractivity contribution >= 4 is 16.9 Å². The number of benzene rings is 1. The SMILES string of the molecule is Cc1cc(C(C)NC(=O)c2cccc3[nH]cnc23)cnc1OCCC(C)(F)F. The van der Waals surface area contributed by atoms with Gasteiger partial charge >= 0.3 is 0 Å². The molecule has 8 heteroatoms. The summed E-state index contributed by atoms with van der Waals surface area (Å²) in [7, 11) is 0. The summed E-state index contributed by atoms with van der Waals surface area (Å²) in [5.41, 5.74) is 3.38. The van der Waals surface area contributed by atoms with Crippen molar-refractivity contribution in [1.29, 1.82) is 0 Å². The Morgan fingerprint density at radius 2 is 2.14 bits per heavy atom. The van der Waals surface area contributed by atoms with Crippen LogP contribution in [0, 0.1) is 6.92 Å². The number of aryl methyl sites for hydroxylation is 1. The van der Waals surface area contributed by atoms with Crippen LogP contribution >= 0.6 is 0 Å². The Morgan fingerprint density at radius 1 is 1.36 bits per heavy atom. The van der Waals surface area contributed by atoms with Crippen molar-refractivity contribution in [2.45, 2.75) is 39.2 Å². The quantitative estimate of drug-likeness (QED) is 0.636. The fraction of sp³-hybridized carbons (Fsp3) is 0.350. The zero-order valence-electron chi connectivity index (χ0n) is 15.9. The van der Waals surface area contributed by atoms with E-state index in [1.54, 1.807) is 31.6 Å². The van der Waals surface area contributed by atoms with Crippen molar-refractivity contribution in [3.05, 3.63) is 53.5 Å². The average Bonchev–Trinajstić information content (AvgIpc) is 3.10. The van der Waals surface area contributed by atoms with Crippen LogP contribution < -0.4 is 10.1 Å². The third-order valence-electron chi connectivity index (χ3n) is 4.37. The molecule has 3 aromatic rings. The Bertz CT molecular complexity index is 982. The van der Waals surface area contributed by atoms with E-state index in [9.17, 15) is 13.6 Å². The van der Waals surface area contributed by atoms with Crippen LogP contribution in [0.5, 0.6) is 5.88 Å². The molecule has 0 fully saturated rings. The van der Waals surface area contributed by atoms with Crippen LogP contribution in [0.25, 0.3) is 11.0 Å². The van der Waals surface area contributed by atoms with Gasteiger partial charge in [0.05, 0.1) is 30.1 Å². The summed E-state index contributed by atoms with van der Waals surface area (Å²) < 4.78 is 31.1. The number of ether oxygens (including phenoxy) is 1. The van der Waals surface area contributed by atoms with E-state index < -0.39 is 5.92 Å². The minimum atomic E-state index is -2.77. The van der Waals surface area contributed by atoms with Crippen LogP contribution in [0.2, 0.25) is 0 Å². The summed E-state index contributed by atoms with van der Waals surface area (Å²) in [6, 6.07) is 6.88. The van der Waals surface area contributed by atoms with Crippen LogP contribution in [0.1, 0.15) is 47.8 Å². The molecule has 0 saturated heterocycles. The normalized spacial score (nSPS) is 12.8. The summed E-state index contributed by atoms with van der Waals surface area (Å²) in [6.07, 6.45) is 2.75. The Labute approximate surface area is 161 Å². The molecule has 1 atom stereocenters. The molecule has 148 valence electrons. The number of H-pyrrole nitrogens is 1. The number of alkyl halides is 2. The predicted octanol–water partition coefficient (Wildman–Crippen LogP) is 4.18. The minimum Gasteiger partial charge on any atom is -0.477 e. The van der Waals surface area contributed by atoms with Gasteiger partial charge in [0.2, 0.25) is 11.8 Å². The van der Waals surface area contributed by atoms with Gasteiger partial charge < -0.3 is 15.0 Å². The highest BCUT2D eigenvalue weighted by Gasteiger charge is 2.21. The first-order valence-corrected chi connectivity index (χ1v) is 8.95. The third-order valence-corrected chi connectivity index (χ3v) is 4.37. The van der Waals surface area contributed by atoms with Crippen molar-refractivity contribution in [3.63, 3.8) is 0 Å². The van der Waals surface area contributed by atoms with Gasteiger partial charge in [-0.3, -0.25) is 4.79 Å². The first-order valence-electron chi connectivity index (χ1n) is 8.95. The van der Waals surface area contributed by atoms with Crippen molar-refractivity contribution in [1.82, 2.24) is 20.3 Å². The summed E-state index contributed by atoms with van der Waals surface area (Å²) >= 11 is 0. The van der Waals surface area contributed by atoms with Crippen molar-refractivity contribution in [3.8, 4) is 5.88 Å². The van der Waals surface area contributed by atoms with E-state index in [4.69, 9.17) is 4.74 Å². The molecule has 3 rings (SSSR count). The van der Waals surface area contributed by atoms with Gasteiger partial charge in [-0.2, -0.15) is 0 Å². The number of rotatable bonds is 7. The number of carbonyl (C=O) groups is 1. The van der Waals surface area contributed by atoms with Crippen molar-refractivity contribution in [2.24, 2.45) is 0 Å². The van der Waals surface area contributed by atoms with Crippen LogP contribution in [0.4, 0.5) is 8.78 Å². The van der Waals surface area contributed by atoms with E-state index in [1.165, 1.54) is 0 Å². The highest BCUT2D eigenvalue weighted by Crippen LogP contribution is 2.23. The lowest BCUT2D eigenvalue weighted by molar-refractivity contribution is 0.000342. The number of nitrogens with zero attached hydrogens (tertiary/aromatic N) is 2. The summed E-state index contributed by atoms with van der Waals surface area (Å²) in [4.78, 5) is 24.0. The second-order valence-corrected chi connectivity index (χ2v) is 6.86. The lowest BCUT2D eigenvalue weighted by Crippen LogP contribution is -2.27. The van der Waals surface area contributed by atoms with Crippen LogP contribution in [-0.2, 0) is 0 Å². The number of fused-ring (bicyclic) bond motifs is 1. The molecule has 1 unspecified atom stereocenters. The monoisotopic (exact) mass is 388 g/mol. The van der Waals surface area contributed by atoms with E-state index in [0.29, 0.717) is 22.5 Å². The molecule has 2 N–H and O–H groups in total. The van der Waals surface area contributed by atoms with Gasteiger partial charge in [-0.15, -0.1) is 0 Å².